The Kier molecular flexibility index (Phi) is 9.46. The minimum atomic E-state index is -0.140. The number of benzene rings is 2. The first-order valence-electron chi connectivity index (χ1n) is 12.8. The largest absolute Gasteiger partial charge is 0.344 e. The van der Waals surface area contributed by atoms with Crippen LogP contribution in [0.3, 0.4) is 0 Å². The van der Waals surface area contributed by atoms with E-state index in [4.69, 9.17) is 0 Å². The van der Waals surface area contributed by atoms with Gasteiger partial charge in [-0.25, -0.2) is 0 Å². The maximum atomic E-state index is 4.36. The summed E-state index contributed by atoms with van der Waals surface area (Å²) < 4.78 is 2.23. The first-order chi connectivity index (χ1) is 17.0. The van der Waals surface area contributed by atoms with Gasteiger partial charge in [0.1, 0.15) is 0 Å². The topological polar surface area (TPSA) is 3.24 Å². The predicted octanol–water partition coefficient (Wildman–Crippen LogP) is 10.5. The molecule has 2 aromatic rings. The molecule has 0 amide bonds. The van der Waals surface area contributed by atoms with Crippen molar-refractivity contribution in [3.8, 4) is 0 Å². The normalized spacial score (nSPS) is 16.7. The van der Waals surface area contributed by atoms with Gasteiger partial charge in [0.05, 0.1) is 0 Å². The Balaban J connectivity index is 1.72. The fourth-order valence-corrected chi connectivity index (χ4v) is 5.59. The lowest BCUT2D eigenvalue weighted by molar-refractivity contribution is 0.624. The van der Waals surface area contributed by atoms with E-state index in [0.717, 1.165) is 21.1 Å². The van der Waals surface area contributed by atoms with Crippen molar-refractivity contribution in [1.82, 2.24) is 0 Å². The standard InChI is InChI=1S/C33H39Br2N/c1-8-9-21-36-30-20-19-27(35)23-29(30)33(6,7)31(36)16-14-12-10-11-13-15-25(3)32(4,5)28-22-26(34)18-17-24(28)2/h10-20,22-23H,3,8-9,21H2,1-2,4-7H3/b11-10+,14-12+,15-13+,31-16+. The molecule has 1 heterocycles. The number of anilines is 1. The van der Waals surface area contributed by atoms with Gasteiger partial charge < -0.3 is 4.90 Å². The van der Waals surface area contributed by atoms with E-state index in [-0.39, 0.29) is 10.8 Å². The third kappa shape index (κ3) is 6.23. The van der Waals surface area contributed by atoms with Crippen LogP contribution in [-0.2, 0) is 10.8 Å². The second kappa shape index (κ2) is 12.0. The SMILES string of the molecule is C=C(/C=C/C=C/C=C/C=C1/N(CCCC)c2ccc(Br)cc2C1(C)C)C(C)(C)c1cc(Br)ccc1C. The van der Waals surface area contributed by atoms with Gasteiger partial charge in [-0.3, -0.25) is 0 Å². The summed E-state index contributed by atoms with van der Waals surface area (Å²) in [5.41, 5.74) is 7.55. The number of hydrogen-bond acceptors (Lipinski definition) is 1. The van der Waals surface area contributed by atoms with Crippen molar-refractivity contribution in [3.63, 3.8) is 0 Å². The van der Waals surface area contributed by atoms with Gasteiger partial charge in [0, 0.05) is 37.7 Å². The Hall–Kier alpha value is -2.10. The molecule has 0 fully saturated rings. The number of rotatable bonds is 9. The van der Waals surface area contributed by atoms with Crippen LogP contribution in [0.2, 0.25) is 0 Å². The quantitative estimate of drug-likeness (QED) is 0.256. The molecule has 0 saturated carbocycles. The van der Waals surface area contributed by atoms with Crippen LogP contribution in [0.15, 0.2) is 106 Å². The van der Waals surface area contributed by atoms with Crippen LogP contribution in [0.4, 0.5) is 5.69 Å². The Morgan fingerprint density at radius 3 is 2.33 bits per heavy atom. The molecule has 36 heavy (non-hydrogen) atoms. The summed E-state index contributed by atoms with van der Waals surface area (Å²) in [5, 5.41) is 0. The Morgan fingerprint density at radius 1 is 0.972 bits per heavy atom. The van der Waals surface area contributed by atoms with E-state index >= 15 is 0 Å². The van der Waals surface area contributed by atoms with Gasteiger partial charge in [-0.05, 0) is 72.0 Å². The Labute approximate surface area is 235 Å². The third-order valence-corrected chi connectivity index (χ3v) is 8.25. The van der Waals surface area contributed by atoms with Crippen LogP contribution in [0.5, 0.6) is 0 Å². The minimum Gasteiger partial charge on any atom is -0.344 e. The highest BCUT2D eigenvalue weighted by Crippen LogP contribution is 2.48. The molecule has 2 aromatic carbocycles. The summed E-state index contributed by atoms with van der Waals surface area (Å²) in [4.78, 5) is 2.50. The van der Waals surface area contributed by atoms with Crippen molar-refractivity contribution in [3.05, 3.63) is 122 Å². The van der Waals surface area contributed by atoms with Crippen molar-refractivity contribution < 1.29 is 0 Å². The molecule has 0 aromatic heterocycles. The van der Waals surface area contributed by atoms with Crippen molar-refractivity contribution in [2.24, 2.45) is 0 Å². The predicted molar refractivity (Wildman–Crippen MR) is 166 cm³/mol. The molecular weight excluding hydrogens is 570 g/mol. The molecule has 0 bridgehead atoms. The van der Waals surface area contributed by atoms with Crippen LogP contribution in [0.1, 0.15) is 64.2 Å². The Bertz CT molecular complexity index is 1220. The number of allylic oxidation sites excluding steroid dienone is 9. The van der Waals surface area contributed by atoms with Gasteiger partial charge in [-0.2, -0.15) is 0 Å². The number of nitrogens with zero attached hydrogens (tertiary/aromatic N) is 1. The molecule has 0 N–H and O–H groups in total. The summed E-state index contributed by atoms with van der Waals surface area (Å²) >= 11 is 7.27. The average molecular weight is 609 g/mol. The number of halogens is 2. The van der Waals surface area contributed by atoms with Crippen molar-refractivity contribution in [1.29, 1.82) is 0 Å². The average Bonchev–Trinajstić information content (AvgIpc) is 3.03. The second-order valence-electron chi connectivity index (χ2n) is 10.6. The van der Waals surface area contributed by atoms with E-state index in [1.165, 1.54) is 40.9 Å². The molecule has 0 atom stereocenters. The molecule has 3 rings (SSSR count). The second-order valence-corrected chi connectivity index (χ2v) is 12.4. The van der Waals surface area contributed by atoms with Crippen LogP contribution in [0, 0.1) is 6.92 Å². The van der Waals surface area contributed by atoms with E-state index in [1.807, 2.05) is 0 Å². The summed E-state index contributed by atoms with van der Waals surface area (Å²) in [6.45, 7) is 18.9. The molecule has 0 aliphatic carbocycles. The van der Waals surface area contributed by atoms with Gasteiger partial charge >= 0.3 is 0 Å². The number of unbranched alkanes of at least 4 members (excludes halogenated alkanes) is 1. The highest BCUT2D eigenvalue weighted by Gasteiger charge is 2.39. The van der Waals surface area contributed by atoms with Crippen LogP contribution < -0.4 is 4.90 Å². The maximum Gasteiger partial charge on any atom is 0.0451 e. The first kappa shape index (κ1) is 28.5. The first-order valence-corrected chi connectivity index (χ1v) is 14.3. The zero-order chi connectivity index (χ0) is 26.5. The monoisotopic (exact) mass is 607 g/mol. The molecule has 1 aliphatic rings. The number of aryl methyl sites for hydroxylation is 1. The van der Waals surface area contributed by atoms with Gasteiger partial charge in [-0.15, -0.1) is 0 Å². The van der Waals surface area contributed by atoms with E-state index in [1.54, 1.807) is 0 Å². The summed E-state index contributed by atoms with van der Waals surface area (Å²) in [6, 6.07) is 13.1. The van der Waals surface area contributed by atoms with Crippen molar-refractivity contribution in [2.45, 2.75) is 65.2 Å². The summed E-state index contributed by atoms with van der Waals surface area (Å²) in [5.74, 6) is 0. The highest BCUT2D eigenvalue weighted by molar-refractivity contribution is 9.10. The summed E-state index contributed by atoms with van der Waals surface area (Å²) in [7, 11) is 0. The van der Waals surface area contributed by atoms with Crippen LogP contribution >= 0.6 is 31.9 Å². The van der Waals surface area contributed by atoms with E-state index in [9.17, 15) is 0 Å². The molecular formula is C33H39Br2N. The molecule has 0 unspecified atom stereocenters. The lowest BCUT2D eigenvalue weighted by Gasteiger charge is -2.28. The smallest absolute Gasteiger partial charge is 0.0451 e. The van der Waals surface area contributed by atoms with Crippen molar-refractivity contribution >= 4 is 37.5 Å². The third-order valence-electron chi connectivity index (χ3n) is 7.26. The van der Waals surface area contributed by atoms with Gasteiger partial charge in [0.25, 0.3) is 0 Å². The lowest BCUT2D eigenvalue weighted by atomic mass is 9.76. The molecule has 0 spiro atoms. The van der Waals surface area contributed by atoms with Crippen LogP contribution in [-0.4, -0.2) is 6.54 Å². The van der Waals surface area contributed by atoms with E-state index < -0.39 is 0 Å². The van der Waals surface area contributed by atoms with Crippen LogP contribution in [0.25, 0.3) is 0 Å². The number of hydrogen-bond donors (Lipinski definition) is 0. The number of fused-ring (bicyclic) bond motifs is 1. The lowest BCUT2D eigenvalue weighted by Crippen LogP contribution is -2.26. The molecule has 0 saturated heterocycles. The fourth-order valence-electron chi connectivity index (χ4n) is 4.86. The van der Waals surface area contributed by atoms with Gasteiger partial charge in [0.2, 0.25) is 0 Å². The fraction of sp³-hybridized carbons (Fsp3) is 0.333. The van der Waals surface area contributed by atoms with E-state index in [0.29, 0.717) is 0 Å². The maximum absolute atomic E-state index is 4.36. The van der Waals surface area contributed by atoms with Gasteiger partial charge in [0.15, 0.2) is 0 Å². The molecule has 1 aliphatic heterocycles. The molecule has 0 radical (unpaired) electrons. The van der Waals surface area contributed by atoms with Crippen molar-refractivity contribution in [2.75, 3.05) is 11.4 Å². The minimum absolute atomic E-state index is 0.0330. The van der Waals surface area contributed by atoms with E-state index in [2.05, 4.69) is 164 Å². The van der Waals surface area contributed by atoms with Gasteiger partial charge in [-0.1, -0.05) is 122 Å². The zero-order valence-electron chi connectivity index (χ0n) is 22.5. The summed E-state index contributed by atoms with van der Waals surface area (Å²) in [6.07, 6.45) is 17.3. The zero-order valence-corrected chi connectivity index (χ0v) is 25.7. The molecule has 3 heteroatoms. The molecule has 190 valence electrons. The highest BCUT2D eigenvalue weighted by atomic mass is 79.9. The molecule has 1 nitrogen and oxygen atoms in total. The Morgan fingerprint density at radius 2 is 1.61 bits per heavy atom.